The Morgan fingerprint density at radius 1 is 0.279 bits per heavy atom. The molecule has 0 aliphatic heterocycles. The number of anilines is 6. The summed E-state index contributed by atoms with van der Waals surface area (Å²) >= 11 is 0. The van der Waals surface area contributed by atoms with Gasteiger partial charge in [-0.25, -0.2) is 0 Å². The molecule has 0 saturated heterocycles. The minimum atomic E-state index is 0.841. The van der Waals surface area contributed by atoms with E-state index in [2.05, 4.69) is 254 Å². The van der Waals surface area contributed by atoms with E-state index in [1.807, 2.05) is 0 Å². The van der Waals surface area contributed by atoms with E-state index in [9.17, 15) is 0 Å². The standard InChI is InChI=1S/C64H44N2O2/c1-41-13-9-11-19-57(41)65(51-27-21-45(22-28-51)43-15-5-3-6-16-43)53-31-25-47-37-55-61(39-49(47)35-53)67-59-33-34-60-64(63(55)59)56-38-48-26-32-54(36-50(48)40-62(56)68-60)66(58-20-12-10-14-42(58)2)52-29-23-46(24-30-52)44-17-7-4-8-18-44/h3-40H,1-2H3. The van der Waals surface area contributed by atoms with Crippen molar-refractivity contribution in [2.45, 2.75) is 13.8 Å². The number of hydrogen-bond acceptors (Lipinski definition) is 4. The molecule has 0 unspecified atom stereocenters. The lowest BCUT2D eigenvalue weighted by Gasteiger charge is -2.27. The number of fused-ring (bicyclic) bond motifs is 9. The van der Waals surface area contributed by atoms with Crippen LogP contribution in [0, 0.1) is 13.8 Å². The average Bonchev–Trinajstić information content (AvgIpc) is 3.94. The van der Waals surface area contributed by atoms with Crippen molar-refractivity contribution in [3.8, 4) is 22.3 Å². The van der Waals surface area contributed by atoms with Gasteiger partial charge in [-0.3, -0.25) is 0 Å². The maximum absolute atomic E-state index is 6.73. The Morgan fingerprint density at radius 2 is 0.647 bits per heavy atom. The number of furan rings is 2. The first-order valence-corrected chi connectivity index (χ1v) is 23.2. The van der Waals surface area contributed by atoms with Gasteiger partial charge in [0.15, 0.2) is 0 Å². The van der Waals surface area contributed by atoms with Gasteiger partial charge >= 0.3 is 0 Å². The second-order valence-electron chi connectivity index (χ2n) is 17.8. The van der Waals surface area contributed by atoms with Crippen LogP contribution in [0.2, 0.25) is 0 Å². The second kappa shape index (κ2) is 15.9. The summed E-state index contributed by atoms with van der Waals surface area (Å²) in [6.45, 7) is 4.35. The highest BCUT2D eigenvalue weighted by Gasteiger charge is 2.21. The zero-order chi connectivity index (χ0) is 45.3. The minimum Gasteiger partial charge on any atom is -0.456 e. The molecule has 11 aromatic carbocycles. The van der Waals surface area contributed by atoms with Crippen LogP contribution in [0.1, 0.15) is 11.1 Å². The number of hydrogen-bond donors (Lipinski definition) is 0. The molecule has 0 spiro atoms. The molecule has 2 heterocycles. The SMILES string of the molecule is Cc1ccccc1N(c1ccc(-c2ccccc2)cc1)c1ccc2cc3c(cc2c1)oc1ccc2oc4cc5cc(N(c6ccc(-c7ccccc7)cc6)c6ccccc6C)ccc5cc4c2c13. The molecule has 13 aromatic rings. The minimum absolute atomic E-state index is 0.841. The van der Waals surface area contributed by atoms with Crippen molar-refractivity contribution < 1.29 is 8.83 Å². The molecule has 4 heteroatoms. The number of aryl methyl sites for hydroxylation is 2. The first-order valence-electron chi connectivity index (χ1n) is 23.2. The van der Waals surface area contributed by atoms with Gasteiger partial charge in [0.25, 0.3) is 0 Å². The quantitative estimate of drug-likeness (QED) is 0.152. The summed E-state index contributed by atoms with van der Waals surface area (Å²) in [5, 5.41) is 8.79. The van der Waals surface area contributed by atoms with Gasteiger partial charge < -0.3 is 18.6 Å². The normalized spacial score (nSPS) is 11.7. The van der Waals surface area contributed by atoms with E-state index in [0.29, 0.717) is 0 Å². The van der Waals surface area contributed by atoms with Crippen molar-refractivity contribution in [3.63, 3.8) is 0 Å². The van der Waals surface area contributed by atoms with Gasteiger partial charge in [-0.2, -0.15) is 0 Å². The van der Waals surface area contributed by atoms with Crippen molar-refractivity contribution in [2.75, 3.05) is 9.80 Å². The molecule has 0 aliphatic rings. The summed E-state index contributed by atoms with van der Waals surface area (Å²) in [5.41, 5.74) is 17.2. The van der Waals surface area contributed by atoms with Gasteiger partial charge in [0, 0.05) is 55.7 Å². The Hall–Kier alpha value is -8.86. The van der Waals surface area contributed by atoms with E-state index in [0.717, 1.165) is 99.5 Å². The molecule has 0 radical (unpaired) electrons. The van der Waals surface area contributed by atoms with Crippen LogP contribution in [0.5, 0.6) is 0 Å². The van der Waals surface area contributed by atoms with E-state index in [1.165, 1.54) is 33.4 Å². The van der Waals surface area contributed by atoms with E-state index in [-0.39, 0.29) is 0 Å². The highest BCUT2D eigenvalue weighted by molar-refractivity contribution is 6.28. The second-order valence-corrected chi connectivity index (χ2v) is 17.8. The zero-order valence-corrected chi connectivity index (χ0v) is 37.7. The van der Waals surface area contributed by atoms with Crippen molar-refractivity contribution in [1.82, 2.24) is 0 Å². The molecule has 322 valence electrons. The zero-order valence-electron chi connectivity index (χ0n) is 37.7. The van der Waals surface area contributed by atoms with E-state index < -0.39 is 0 Å². The Labute approximate surface area is 394 Å². The molecule has 0 N–H and O–H groups in total. The summed E-state index contributed by atoms with van der Waals surface area (Å²) in [7, 11) is 0. The third-order valence-corrected chi connectivity index (χ3v) is 13.6. The fourth-order valence-corrected chi connectivity index (χ4v) is 10.2. The van der Waals surface area contributed by atoms with Crippen LogP contribution in [-0.4, -0.2) is 0 Å². The lowest BCUT2D eigenvalue weighted by atomic mass is 10.00. The summed E-state index contributed by atoms with van der Waals surface area (Å²) < 4.78 is 13.5. The van der Waals surface area contributed by atoms with Crippen LogP contribution in [0.4, 0.5) is 34.1 Å². The van der Waals surface area contributed by atoms with Gasteiger partial charge in [0.1, 0.15) is 22.3 Å². The van der Waals surface area contributed by atoms with E-state index in [4.69, 9.17) is 8.83 Å². The molecule has 0 bridgehead atoms. The van der Waals surface area contributed by atoms with Crippen LogP contribution in [0.15, 0.2) is 239 Å². The maximum Gasteiger partial charge on any atom is 0.136 e. The smallest absolute Gasteiger partial charge is 0.136 e. The number of nitrogens with zero attached hydrogens (tertiary/aromatic N) is 2. The molecular formula is C64H44N2O2. The van der Waals surface area contributed by atoms with Crippen LogP contribution >= 0.6 is 0 Å². The van der Waals surface area contributed by atoms with Crippen molar-refractivity contribution in [2.24, 2.45) is 0 Å². The van der Waals surface area contributed by atoms with Gasteiger partial charge in [0.2, 0.25) is 0 Å². The monoisotopic (exact) mass is 872 g/mol. The highest BCUT2D eigenvalue weighted by atomic mass is 16.3. The highest BCUT2D eigenvalue weighted by Crippen LogP contribution is 2.45. The summed E-state index contributed by atoms with van der Waals surface area (Å²) in [6, 6.07) is 82.5. The van der Waals surface area contributed by atoms with Crippen LogP contribution in [0.25, 0.3) is 87.7 Å². The third kappa shape index (κ3) is 6.68. The number of para-hydroxylation sites is 2. The largest absolute Gasteiger partial charge is 0.456 e. The molecule has 68 heavy (non-hydrogen) atoms. The van der Waals surface area contributed by atoms with Gasteiger partial charge in [-0.05, 0) is 166 Å². The number of rotatable bonds is 8. The molecule has 0 aliphatic carbocycles. The van der Waals surface area contributed by atoms with Gasteiger partial charge in [-0.15, -0.1) is 0 Å². The molecule has 2 aromatic heterocycles. The maximum atomic E-state index is 6.73. The molecule has 0 amide bonds. The Kier molecular flexibility index (Phi) is 9.26. The predicted molar refractivity (Wildman–Crippen MR) is 286 cm³/mol. The third-order valence-electron chi connectivity index (χ3n) is 13.6. The van der Waals surface area contributed by atoms with Crippen molar-refractivity contribution >= 4 is 99.5 Å². The molecular weight excluding hydrogens is 829 g/mol. The summed E-state index contributed by atoms with van der Waals surface area (Å²) in [6.07, 6.45) is 0. The van der Waals surface area contributed by atoms with Crippen molar-refractivity contribution in [3.05, 3.63) is 242 Å². The predicted octanol–water partition coefficient (Wildman–Crippen LogP) is 18.7. The first kappa shape index (κ1) is 39.5. The summed E-state index contributed by atoms with van der Waals surface area (Å²) in [5.74, 6) is 0. The fraction of sp³-hybridized carbons (Fsp3) is 0.0312. The van der Waals surface area contributed by atoms with Gasteiger partial charge in [-0.1, -0.05) is 133 Å². The van der Waals surface area contributed by atoms with Crippen LogP contribution in [-0.2, 0) is 0 Å². The van der Waals surface area contributed by atoms with Crippen LogP contribution < -0.4 is 9.80 Å². The number of benzene rings is 11. The average molecular weight is 873 g/mol. The molecule has 0 fully saturated rings. The van der Waals surface area contributed by atoms with Gasteiger partial charge in [0.05, 0.1) is 0 Å². The lowest BCUT2D eigenvalue weighted by molar-refractivity contribution is 0.663. The Bertz CT molecular complexity index is 3770. The first-order chi connectivity index (χ1) is 33.5. The van der Waals surface area contributed by atoms with E-state index >= 15 is 0 Å². The molecule has 13 rings (SSSR count). The van der Waals surface area contributed by atoms with E-state index in [1.54, 1.807) is 0 Å². The Morgan fingerprint density at radius 3 is 1.06 bits per heavy atom. The Balaban J connectivity index is 0.903. The fourth-order valence-electron chi connectivity index (χ4n) is 10.2. The molecule has 4 nitrogen and oxygen atoms in total. The van der Waals surface area contributed by atoms with Crippen molar-refractivity contribution in [1.29, 1.82) is 0 Å². The lowest BCUT2D eigenvalue weighted by Crippen LogP contribution is -2.11. The topological polar surface area (TPSA) is 32.8 Å². The molecule has 0 saturated carbocycles. The molecule has 0 atom stereocenters. The summed E-state index contributed by atoms with van der Waals surface area (Å²) in [4.78, 5) is 4.70. The van der Waals surface area contributed by atoms with Crippen LogP contribution in [0.3, 0.4) is 0 Å².